The molecular formula is C22H48N2O6P+. The van der Waals surface area contributed by atoms with E-state index in [1.807, 2.05) is 21.1 Å². The highest BCUT2D eigenvalue weighted by atomic mass is 31.2. The van der Waals surface area contributed by atoms with Gasteiger partial charge in [0.25, 0.3) is 0 Å². The lowest BCUT2D eigenvalue weighted by molar-refractivity contribution is -0.870. The molecule has 0 fully saturated rings. The van der Waals surface area contributed by atoms with E-state index in [9.17, 15) is 14.3 Å². The molecule has 0 bridgehead atoms. The van der Waals surface area contributed by atoms with Gasteiger partial charge in [-0.2, -0.15) is 0 Å². The van der Waals surface area contributed by atoms with Crippen LogP contribution in [0.2, 0.25) is 0 Å². The fourth-order valence-corrected chi connectivity index (χ4v) is 3.67. The summed E-state index contributed by atoms with van der Waals surface area (Å²) >= 11 is 0. The monoisotopic (exact) mass is 467 g/mol. The Morgan fingerprint density at radius 2 is 1.45 bits per heavy atom. The van der Waals surface area contributed by atoms with Gasteiger partial charge in [0.05, 0.1) is 27.7 Å². The molecule has 0 aliphatic heterocycles. The van der Waals surface area contributed by atoms with Crippen LogP contribution in [0.15, 0.2) is 0 Å². The number of ether oxygens (including phenoxy) is 1. The van der Waals surface area contributed by atoms with Crippen molar-refractivity contribution >= 4 is 13.9 Å². The second-order valence-corrected chi connectivity index (χ2v) is 10.9. The standard InChI is InChI=1S/C22H47N2O6P/c1-7-8-9-10-11-12-13-14-15-16-17-21(30-22(25)23(2)3)20-29-31(26,27)28-19-18-24(4,5)6/h21H,7-20H2,1-6H3/p+1. The third-order valence-corrected chi connectivity index (χ3v) is 5.94. The van der Waals surface area contributed by atoms with Crippen molar-refractivity contribution in [2.75, 3.05) is 55.0 Å². The Morgan fingerprint density at radius 1 is 0.935 bits per heavy atom. The van der Waals surface area contributed by atoms with Crippen LogP contribution in [-0.4, -0.2) is 81.5 Å². The number of hydrogen-bond donors (Lipinski definition) is 1. The first-order chi connectivity index (χ1) is 14.5. The number of carbonyl (C=O) groups is 1. The van der Waals surface area contributed by atoms with Crippen molar-refractivity contribution in [2.45, 2.75) is 83.7 Å². The van der Waals surface area contributed by atoms with E-state index in [1.165, 1.54) is 49.8 Å². The first kappa shape index (κ1) is 30.3. The molecule has 186 valence electrons. The molecule has 0 aromatic heterocycles. The molecule has 2 atom stereocenters. The van der Waals surface area contributed by atoms with Gasteiger partial charge in [-0.05, 0) is 12.8 Å². The maximum atomic E-state index is 12.1. The summed E-state index contributed by atoms with van der Waals surface area (Å²) in [6.45, 7) is 2.76. The summed E-state index contributed by atoms with van der Waals surface area (Å²) in [6.07, 6.45) is 11.7. The predicted molar refractivity (Wildman–Crippen MR) is 125 cm³/mol. The molecule has 8 nitrogen and oxygen atoms in total. The van der Waals surface area contributed by atoms with Gasteiger partial charge < -0.3 is 19.0 Å². The molecule has 0 aliphatic rings. The SMILES string of the molecule is CCCCCCCCCCCCC(COP(=O)(O)OCC[N+](C)(C)C)OC(=O)N(C)C. The molecule has 1 amide bonds. The van der Waals surface area contributed by atoms with Crippen LogP contribution in [0.25, 0.3) is 0 Å². The zero-order valence-electron chi connectivity index (χ0n) is 20.8. The molecule has 0 aliphatic carbocycles. The Morgan fingerprint density at radius 3 is 1.94 bits per heavy atom. The lowest BCUT2D eigenvalue weighted by Crippen LogP contribution is -2.37. The molecule has 0 aromatic carbocycles. The van der Waals surface area contributed by atoms with Gasteiger partial charge in [0.1, 0.15) is 19.3 Å². The first-order valence-corrected chi connectivity index (χ1v) is 13.3. The van der Waals surface area contributed by atoms with E-state index in [1.54, 1.807) is 14.1 Å². The number of phosphoric ester groups is 1. The Hall–Kier alpha value is -0.660. The maximum absolute atomic E-state index is 12.1. The van der Waals surface area contributed by atoms with E-state index in [0.717, 1.165) is 19.3 Å². The van der Waals surface area contributed by atoms with Crippen LogP contribution in [0.5, 0.6) is 0 Å². The van der Waals surface area contributed by atoms with Crippen molar-refractivity contribution in [3.8, 4) is 0 Å². The van der Waals surface area contributed by atoms with E-state index in [4.69, 9.17) is 13.8 Å². The summed E-state index contributed by atoms with van der Waals surface area (Å²) in [6, 6.07) is 0. The van der Waals surface area contributed by atoms with E-state index in [2.05, 4.69) is 6.92 Å². The summed E-state index contributed by atoms with van der Waals surface area (Å²) in [5, 5.41) is 0. The molecule has 0 heterocycles. The fourth-order valence-electron chi connectivity index (χ4n) is 2.93. The summed E-state index contributed by atoms with van der Waals surface area (Å²) in [5.41, 5.74) is 0. The molecule has 0 aromatic rings. The number of hydrogen-bond acceptors (Lipinski definition) is 5. The van der Waals surface area contributed by atoms with Crippen molar-refractivity contribution in [3.63, 3.8) is 0 Å². The van der Waals surface area contributed by atoms with Crippen molar-refractivity contribution in [1.29, 1.82) is 0 Å². The minimum atomic E-state index is -4.18. The van der Waals surface area contributed by atoms with Crippen LogP contribution >= 0.6 is 7.82 Å². The highest BCUT2D eigenvalue weighted by Crippen LogP contribution is 2.43. The van der Waals surface area contributed by atoms with E-state index in [-0.39, 0.29) is 13.2 Å². The van der Waals surface area contributed by atoms with Crippen LogP contribution in [0.1, 0.15) is 77.6 Å². The van der Waals surface area contributed by atoms with Crippen molar-refractivity contribution < 1.29 is 32.5 Å². The van der Waals surface area contributed by atoms with Gasteiger partial charge in [0.2, 0.25) is 0 Å². The quantitative estimate of drug-likeness (QED) is 0.160. The molecule has 0 saturated heterocycles. The van der Waals surface area contributed by atoms with Gasteiger partial charge in [-0.1, -0.05) is 64.7 Å². The second-order valence-electron chi connectivity index (χ2n) is 9.48. The minimum absolute atomic E-state index is 0.109. The average molecular weight is 468 g/mol. The third kappa shape index (κ3) is 19.7. The van der Waals surface area contributed by atoms with Gasteiger partial charge in [0.15, 0.2) is 0 Å². The van der Waals surface area contributed by atoms with Gasteiger partial charge in [-0.3, -0.25) is 9.05 Å². The second kappa shape index (κ2) is 16.9. The number of phosphoric acid groups is 1. The van der Waals surface area contributed by atoms with E-state index < -0.39 is 20.0 Å². The number of rotatable bonds is 19. The zero-order valence-corrected chi connectivity index (χ0v) is 21.7. The molecule has 31 heavy (non-hydrogen) atoms. The lowest BCUT2D eigenvalue weighted by atomic mass is 10.0. The summed E-state index contributed by atoms with van der Waals surface area (Å²) in [4.78, 5) is 23.2. The topological polar surface area (TPSA) is 85.3 Å². The summed E-state index contributed by atoms with van der Waals surface area (Å²) in [5.74, 6) is 0. The van der Waals surface area contributed by atoms with Crippen molar-refractivity contribution in [3.05, 3.63) is 0 Å². The Labute approximate surface area is 190 Å². The number of likely N-dealkylation sites (N-methyl/N-ethyl adjacent to an activating group) is 1. The summed E-state index contributed by atoms with van der Waals surface area (Å²) in [7, 11) is 4.93. The molecular weight excluding hydrogens is 419 g/mol. The van der Waals surface area contributed by atoms with Crippen LogP contribution in [0.4, 0.5) is 4.79 Å². The molecule has 0 radical (unpaired) electrons. The number of unbranched alkanes of at least 4 members (excludes halogenated alkanes) is 9. The third-order valence-electron chi connectivity index (χ3n) is 4.95. The van der Waals surface area contributed by atoms with Gasteiger partial charge in [0, 0.05) is 14.1 Å². The first-order valence-electron chi connectivity index (χ1n) is 11.8. The van der Waals surface area contributed by atoms with Gasteiger partial charge >= 0.3 is 13.9 Å². The predicted octanol–water partition coefficient (Wildman–Crippen LogP) is 5.20. The van der Waals surface area contributed by atoms with E-state index >= 15 is 0 Å². The number of carbonyl (C=O) groups excluding carboxylic acids is 1. The fraction of sp³-hybridized carbons (Fsp3) is 0.955. The smallest absolute Gasteiger partial charge is 0.444 e. The van der Waals surface area contributed by atoms with Crippen LogP contribution in [0, 0.1) is 0 Å². The molecule has 1 N–H and O–H groups in total. The molecule has 0 rings (SSSR count). The minimum Gasteiger partial charge on any atom is -0.444 e. The molecule has 9 heteroatoms. The van der Waals surface area contributed by atoms with Crippen LogP contribution in [-0.2, 0) is 18.3 Å². The van der Waals surface area contributed by atoms with Crippen molar-refractivity contribution in [2.24, 2.45) is 0 Å². The van der Waals surface area contributed by atoms with Crippen LogP contribution in [0.3, 0.4) is 0 Å². The maximum Gasteiger partial charge on any atom is 0.472 e. The largest absolute Gasteiger partial charge is 0.472 e. The van der Waals surface area contributed by atoms with Gasteiger partial charge in [-0.15, -0.1) is 0 Å². The highest BCUT2D eigenvalue weighted by Gasteiger charge is 2.26. The van der Waals surface area contributed by atoms with Gasteiger partial charge in [-0.25, -0.2) is 9.36 Å². The molecule has 0 saturated carbocycles. The van der Waals surface area contributed by atoms with Crippen molar-refractivity contribution in [1.82, 2.24) is 4.90 Å². The highest BCUT2D eigenvalue weighted by molar-refractivity contribution is 7.47. The van der Waals surface area contributed by atoms with E-state index in [0.29, 0.717) is 17.4 Å². The normalized spacial score (nSPS) is 14.8. The molecule has 2 unspecified atom stereocenters. The van der Waals surface area contributed by atoms with Crippen LogP contribution < -0.4 is 0 Å². The Balaban J connectivity index is 4.26. The Bertz CT molecular complexity index is 511. The molecule has 0 spiro atoms. The summed E-state index contributed by atoms with van der Waals surface area (Å²) < 4.78 is 28.3. The number of amides is 1. The lowest BCUT2D eigenvalue weighted by Gasteiger charge is -2.24. The number of quaternary nitrogens is 1. The number of nitrogens with zero attached hydrogens (tertiary/aromatic N) is 2. The average Bonchev–Trinajstić information content (AvgIpc) is 2.65. The zero-order chi connectivity index (χ0) is 23.8. The Kier molecular flexibility index (Phi) is 16.5.